The van der Waals surface area contributed by atoms with E-state index in [9.17, 15) is 8.42 Å². The molecule has 0 spiro atoms. The molecule has 0 amide bonds. The molecule has 24 heavy (non-hydrogen) atoms. The van der Waals surface area contributed by atoms with E-state index >= 15 is 0 Å². The number of hydrogen-bond acceptors (Lipinski definition) is 4. The van der Waals surface area contributed by atoms with Crippen LogP contribution >= 0.6 is 11.6 Å². The van der Waals surface area contributed by atoms with Crippen LogP contribution in [0.2, 0.25) is 5.02 Å². The van der Waals surface area contributed by atoms with Crippen LogP contribution in [0.4, 0.5) is 0 Å². The highest BCUT2D eigenvalue weighted by Crippen LogP contribution is 2.23. The molecule has 1 heterocycles. The van der Waals surface area contributed by atoms with Crippen LogP contribution in [-0.4, -0.2) is 61.9 Å². The summed E-state index contributed by atoms with van der Waals surface area (Å²) in [5, 5.41) is 0.757. The van der Waals surface area contributed by atoms with Crippen LogP contribution in [-0.2, 0) is 16.4 Å². The Hall–Kier alpha value is -0.620. The first-order valence-electron chi connectivity index (χ1n) is 8.85. The Labute approximate surface area is 151 Å². The Kier molecular flexibility index (Phi) is 7.54. The monoisotopic (exact) mass is 372 g/mol. The summed E-state index contributed by atoms with van der Waals surface area (Å²) in [6.07, 6.45) is 1.78. The lowest BCUT2D eigenvalue weighted by atomic mass is 10.1. The van der Waals surface area contributed by atoms with Crippen molar-refractivity contribution >= 4 is 21.4 Å². The Morgan fingerprint density at radius 3 is 2.46 bits per heavy atom. The van der Waals surface area contributed by atoms with Crippen LogP contribution in [0.1, 0.15) is 32.3 Å². The van der Waals surface area contributed by atoms with Crippen LogP contribution in [0, 0.1) is 0 Å². The normalized spacial score (nSPS) is 20.1. The van der Waals surface area contributed by atoms with E-state index in [1.54, 1.807) is 0 Å². The van der Waals surface area contributed by atoms with E-state index in [1.165, 1.54) is 0 Å². The summed E-state index contributed by atoms with van der Waals surface area (Å²) in [6.45, 7) is 9.13. The van der Waals surface area contributed by atoms with Crippen molar-refractivity contribution in [3.8, 4) is 0 Å². The second kappa shape index (κ2) is 9.18. The predicted molar refractivity (Wildman–Crippen MR) is 101 cm³/mol. The smallest absolute Gasteiger partial charge is 0.151 e. The molecule has 0 N–H and O–H groups in total. The van der Waals surface area contributed by atoms with Gasteiger partial charge >= 0.3 is 0 Å². The van der Waals surface area contributed by atoms with Crippen molar-refractivity contribution in [1.29, 1.82) is 0 Å². The van der Waals surface area contributed by atoms with Gasteiger partial charge in [-0.1, -0.05) is 43.6 Å². The van der Waals surface area contributed by atoms with Gasteiger partial charge in [0.2, 0.25) is 0 Å². The highest BCUT2D eigenvalue weighted by atomic mass is 35.5. The van der Waals surface area contributed by atoms with E-state index in [0.717, 1.165) is 56.2 Å². The lowest BCUT2D eigenvalue weighted by Gasteiger charge is -2.29. The van der Waals surface area contributed by atoms with Gasteiger partial charge in [0.1, 0.15) is 0 Å². The minimum absolute atomic E-state index is 0.114. The summed E-state index contributed by atoms with van der Waals surface area (Å²) < 4.78 is 23.8. The van der Waals surface area contributed by atoms with Gasteiger partial charge in [0.05, 0.1) is 11.5 Å². The van der Waals surface area contributed by atoms with Crippen LogP contribution in [0.25, 0.3) is 0 Å². The molecule has 0 unspecified atom stereocenters. The Morgan fingerprint density at radius 1 is 1.17 bits per heavy atom. The van der Waals surface area contributed by atoms with Gasteiger partial charge in [-0.25, -0.2) is 8.42 Å². The second-order valence-electron chi connectivity index (χ2n) is 6.50. The van der Waals surface area contributed by atoms with Crippen LogP contribution in [0.3, 0.4) is 0 Å². The average Bonchev–Trinajstić information content (AvgIpc) is 2.92. The zero-order chi connectivity index (χ0) is 17.6. The maximum absolute atomic E-state index is 11.9. The Bertz CT molecular complexity index is 617. The SMILES string of the molecule is CCN(CC)CCCN(Cc1ccccc1Cl)[C@H]1CCS(=O)(=O)C1. The van der Waals surface area contributed by atoms with Crippen molar-refractivity contribution in [1.82, 2.24) is 9.80 Å². The molecule has 1 fully saturated rings. The van der Waals surface area contributed by atoms with E-state index in [4.69, 9.17) is 11.6 Å². The standard InChI is InChI=1S/C18H29ClN2O2S/c1-3-20(4-2)11-7-12-21(17-10-13-24(22,23)15-17)14-16-8-5-6-9-18(16)19/h5-6,8-9,17H,3-4,7,10-15H2,1-2H3/t17-/m0/s1. The predicted octanol–water partition coefficient (Wildman–Crippen LogP) is 3.06. The minimum Gasteiger partial charge on any atom is -0.304 e. The molecule has 136 valence electrons. The molecule has 1 aromatic carbocycles. The summed E-state index contributed by atoms with van der Waals surface area (Å²) in [6, 6.07) is 7.96. The van der Waals surface area contributed by atoms with E-state index in [1.807, 2.05) is 24.3 Å². The molecule has 1 saturated heterocycles. The summed E-state index contributed by atoms with van der Waals surface area (Å²) >= 11 is 6.31. The molecule has 0 saturated carbocycles. The van der Waals surface area contributed by atoms with Gasteiger partial charge < -0.3 is 4.90 Å². The summed E-state index contributed by atoms with van der Waals surface area (Å²) in [5.41, 5.74) is 1.08. The first-order chi connectivity index (χ1) is 11.4. The van der Waals surface area contributed by atoms with Crippen molar-refractivity contribution in [3.63, 3.8) is 0 Å². The van der Waals surface area contributed by atoms with E-state index in [-0.39, 0.29) is 11.8 Å². The molecule has 1 aliphatic rings. The number of sulfone groups is 1. The lowest BCUT2D eigenvalue weighted by molar-refractivity contribution is 0.186. The van der Waals surface area contributed by atoms with Gasteiger partial charge in [0, 0.05) is 24.2 Å². The van der Waals surface area contributed by atoms with Gasteiger partial charge in [-0.15, -0.1) is 0 Å². The molecule has 1 aliphatic heterocycles. The van der Waals surface area contributed by atoms with Gasteiger partial charge in [0.15, 0.2) is 9.84 Å². The third-order valence-corrected chi connectivity index (χ3v) is 6.99. The largest absolute Gasteiger partial charge is 0.304 e. The molecule has 0 radical (unpaired) electrons. The fraction of sp³-hybridized carbons (Fsp3) is 0.667. The Morgan fingerprint density at radius 2 is 1.88 bits per heavy atom. The second-order valence-corrected chi connectivity index (χ2v) is 9.14. The van der Waals surface area contributed by atoms with E-state index in [2.05, 4.69) is 23.6 Å². The van der Waals surface area contributed by atoms with Crippen molar-refractivity contribution in [2.24, 2.45) is 0 Å². The maximum atomic E-state index is 11.9. The highest BCUT2D eigenvalue weighted by Gasteiger charge is 2.32. The summed E-state index contributed by atoms with van der Waals surface area (Å²) in [5.74, 6) is 0.593. The van der Waals surface area contributed by atoms with E-state index < -0.39 is 9.84 Å². The number of halogens is 1. The Balaban J connectivity index is 2.03. The number of benzene rings is 1. The molecular formula is C18H29ClN2O2S. The molecule has 6 heteroatoms. The molecule has 0 aliphatic carbocycles. The third-order valence-electron chi connectivity index (χ3n) is 4.87. The number of nitrogens with zero attached hydrogens (tertiary/aromatic N) is 2. The van der Waals surface area contributed by atoms with Crippen LogP contribution in [0.15, 0.2) is 24.3 Å². The van der Waals surface area contributed by atoms with Gasteiger partial charge in [-0.2, -0.15) is 0 Å². The topological polar surface area (TPSA) is 40.6 Å². The zero-order valence-electron chi connectivity index (χ0n) is 14.7. The first kappa shape index (κ1) is 19.7. The summed E-state index contributed by atoms with van der Waals surface area (Å²) in [7, 11) is -2.88. The van der Waals surface area contributed by atoms with Crippen molar-refractivity contribution in [3.05, 3.63) is 34.9 Å². The van der Waals surface area contributed by atoms with Crippen LogP contribution < -0.4 is 0 Å². The molecule has 0 bridgehead atoms. The minimum atomic E-state index is -2.88. The quantitative estimate of drug-likeness (QED) is 0.668. The summed E-state index contributed by atoms with van der Waals surface area (Å²) in [4.78, 5) is 4.72. The fourth-order valence-electron chi connectivity index (χ4n) is 3.34. The maximum Gasteiger partial charge on any atom is 0.151 e. The van der Waals surface area contributed by atoms with Crippen LogP contribution in [0.5, 0.6) is 0 Å². The highest BCUT2D eigenvalue weighted by molar-refractivity contribution is 7.91. The molecule has 2 rings (SSSR count). The van der Waals surface area contributed by atoms with Crippen molar-refractivity contribution < 1.29 is 8.42 Å². The molecule has 1 atom stereocenters. The molecule has 4 nitrogen and oxygen atoms in total. The van der Waals surface area contributed by atoms with E-state index in [0.29, 0.717) is 5.75 Å². The van der Waals surface area contributed by atoms with Gasteiger partial charge in [-0.05, 0) is 44.1 Å². The lowest BCUT2D eigenvalue weighted by Crippen LogP contribution is -2.38. The first-order valence-corrected chi connectivity index (χ1v) is 11.0. The van der Waals surface area contributed by atoms with Gasteiger partial charge in [-0.3, -0.25) is 4.90 Å². The van der Waals surface area contributed by atoms with Gasteiger partial charge in [0.25, 0.3) is 0 Å². The molecule has 1 aromatic rings. The number of hydrogen-bond donors (Lipinski definition) is 0. The zero-order valence-corrected chi connectivity index (χ0v) is 16.3. The average molecular weight is 373 g/mol. The number of rotatable bonds is 9. The molecule has 0 aromatic heterocycles. The molecular weight excluding hydrogens is 344 g/mol. The third kappa shape index (κ3) is 5.73. The van der Waals surface area contributed by atoms with Crippen molar-refractivity contribution in [2.75, 3.05) is 37.7 Å². The fourth-order valence-corrected chi connectivity index (χ4v) is 5.29. The van der Waals surface area contributed by atoms with Crippen molar-refractivity contribution in [2.45, 2.75) is 39.3 Å².